The summed E-state index contributed by atoms with van der Waals surface area (Å²) in [4.78, 5) is 9.73. The van der Waals surface area contributed by atoms with Gasteiger partial charge in [-0.05, 0) is 55.0 Å². The Morgan fingerprint density at radius 1 is 1.14 bits per heavy atom. The molecule has 0 amide bonds. The van der Waals surface area contributed by atoms with Crippen molar-refractivity contribution in [2.75, 3.05) is 25.5 Å². The Morgan fingerprint density at radius 2 is 2.03 bits per heavy atom. The van der Waals surface area contributed by atoms with Crippen LogP contribution in [0.1, 0.15) is 17.7 Å². The molecular formula is C22H27N5OS. The lowest BCUT2D eigenvalue weighted by Gasteiger charge is -2.37. The molecule has 1 aliphatic heterocycles. The topological polar surface area (TPSA) is 66.1 Å². The van der Waals surface area contributed by atoms with Crippen molar-refractivity contribution >= 4 is 17.2 Å². The molecule has 0 radical (unpaired) electrons. The van der Waals surface area contributed by atoms with E-state index < -0.39 is 0 Å². The molecule has 5 rings (SSSR count). The van der Waals surface area contributed by atoms with Crippen LogP contribution in [0.15, 0.2) is 48.8 Å². The number of hydrogen-bond donors (Lipinski definition) is 2. The Kier molecular flexibility index (Phi) is 5.35. The first-order valence-electron chi connectivity index (χ1n) is 10.3. The van der Waals surface area contributed by atoms with E-state index in [0.717, 1.165) is 43.4 Å². The molecule has 3 aromatic heterocycles. The lowest BCUT2D eigenvalue weighted by Crippen LogP contribution is -2.44. The van der Waals surface area contributed by atoms with Crippen molar-refractivity contribution < 1.29 is 4.74 Å². The number of aromatic nitrogens is 3. The van der Waals surface area contributed by atoms with Crippen molar-refractivity contribution in [3.63, 3.8) is 0 Å². The zero-order chi connectivity index (χ0) is 19.6. The largest absolute Gasteiger partial charge is 0.379 e. The normalized spacial score (nSPS) is 27.1. The number of H-pyrrole nitrogens is 1. The Hall–Kier alpha value is -2.22. The average molecular weight is 410 g/mol. The Balaban J connectivity index is 1.22. The maximum absolute atomic E-state index is 5.87. The van der Waals surface area contributed by atoms with Gasteiger partial charge in [-0.25, -0.2) is 4.98 Å². The number of rotatable bonds is 6. The lowest BCUT2D eigenvalue weighted by molar-refractivity contribution is 0.0304. The maximum Gasteiger partial charge on any atom is 0.126 e. The molecule has 4 atom stereocenters. The van der Waals surface area contributed by atoms with E-state index in [2.05, 4.69) is 37.5 Å². The fourth-order valence-corrected chi connectivity index (χ4v) is 5.94. The van der Waals surface area contributed by atoms with E-state index in [0.29, 0.717) is 12.0 Å². The highest BCUT2D eigenvalue weighted by Crippen LogP contribution is 2.39. The van der Waals surface area contributed by atoms with Gasteiger partial charge in [-0.1, -0.05) is 6.07 Å². The smallest absolute Gasteiger partial charge is 0.126 e. The third-order valence-electron chi connectivity index (χ3n) is 6.30. The van der Waals surface area contributed by atoms with Gasteiger partial charge < -0.3 is 10.1 Å². The van der Waals surface area contributed by atoms with E-state index in [4.69, 9.17) is 4.74 Å². The van der Waals surface area contributed by atoms with Crippen LogP contribution in [0.5, 0.6) is 0 Å². The van der Waals surface area contributed by atoms with Gasteiger partial charge in [0.15, 0.2) is 0 Å². The van der Waals surface area contributed by atoms with Gasteiger partial charge in [0.25, 0.3) is 0 Å². The summed E-state index contributed by atoms with van der Waals surface area (Å²) in [5.41, 5.74) is 1.10. The first-order valence-corrected chi connectivity index (χ1v) is 11.1. The fourth-order valence-electron chi connectivity index (χ4n) is 4.91. The van der Waals surface area contributed by atoms with Crippen molar-refractivity contribution in [2.45, 2.75) is 31.5 Å². The number of likely N-dealkylation sites (tertiary alicyclic amines) is 1. The van der Waals surface area contributed by atoms with E-state index >= 15 is 0 Å². The lowest BCUT2D eigenvalue weighted by atomic mass is 9.77. The van der Waals surface area contributed by atoms with Gasteiger partial charge in [0.05, 0.1) is 22.7 Å². The molecule has 0 unspecified atom stereocenters. The van der Waals surface area contributed by atoms with Crippen LogP contribution in [-0.2, 0) is 11.3 Å². The van der Waals surface area contributed by atoms with Crippen molar-refractivity contribution in [3.8, 4) is 10.6 Å². The number of anilines is 1. The molecule has 2 fully saturated rings. The number of hydrogen-bond acceptors (Lipinski definition) is 6. The van der Waals surface area contributed by atoms with Crippen LogP contribution in [0.2, 0.25) is 0 Å². The fraction of sp³-hybridized carbons (Fsp3) is 0.455. The van der Waals surface area contributed by atoms with Gasteiger partial charge in [-0.15, -0.1) is 11.3 Å². The molecule has 4 heterocycles. The zero-order valence-electron chi connectivity index (χ0n) is 16.6. The molecule has 0 aromatic carbocycles. The van der Waals surface area contributed by atoms with Crippen molar-refractivity contribution in [1.29, 1.82) is 0 Å². The summed E-state index contributed by atoms with van der Waals surface area (Å²) in [6.07, 6.45) is 6.14. The number of methoxy groups -OCH3 is 1. The molecule has 2 N–H and O–H groups in total. The highest BCUT2D eigenvalue weighted by atomic mass is 32.1. The first-order chi connectivity index (χ1) is 14.3. The summed E-state index contributed by atoms with van der Waals surface area (Å²) >= 11 is 1.86. The predicted octanol–water partition coefficient (Wildman–Crippen LogP) is 3.87. The SMILES string of the molecule is CO[C@@H]1C[C@H]2CN(Cc3ccc(-c4ccn[nH]4)s3)C[C@H]2C[C@H]1Nc1ccccn1. The van der Waals surface area contributed by atoms with Crippen molar-refractivity contribution in [3.05, 3.63) is 53.7 Å². The number of aromatic amines is 1. The van der Waals surface area contributed by atoms with Crippen LogP contribution in [0.25, 0.3) is 10.6 Å². The molecule has 0 spiro atoms. The maximum atomic E-state index is 5.87. The molecule has 2 aliphatic rings. The molecule has 1 aliphatic carbocycles. The van der Waals surface area contributed by atoms with Gasteiger partial charge in [0.1, 0.15) is 5.82 Å². The third-order valence-corrected chi connectivity index (χ3v) is 7.40. The Labute approximate surface area is 175 Å². The van der Waals surface area contributed by atoms with Crippen LogP contribution < -0.4 is 5.32 Å². The minimum Gasteiger partial charge on any atom is -0.379 e. The molecule has 1 saturated carbocycles. The molecule has 3 aromatic rings. The monoisotopic (exact) mass is 409 g/mol. The van der Waals surface area contributed by atoms with Gasteiger partial charge >= 0.3 is 0 Å². The molecule has 29 heavy (non-hydrogen) atoms. The van der Waals surface area contributed by atoms with E-state index in [9.17, 15) is 0 Å². The zero-order valence-corrected chi connectivity index (χ0v) is 17.4. The minimum atomic E-state index is 0.243. The van der Waals surface area contributed by atoms with Crippen LogP contribution in [0.4, 0.5) is 5.82 Å². The average Bonchev–Trinajstić information content (AvgIpc) is 3.48. The highest BCUT2D eigenvalue weighted by molar-refractivity contribution is 7.15. The highest BCUT2D eigenvalue weighted by Gasteiger charge is 2.42. The first kappa shape index (κ1) is 18.8. The van der Waals surface area contributed by atoms with Gasteiger partial charge in [-0.3, -0.25) is 10.00 Å². The third kappa shape index (κ3) is 4.08. The quantitative estimate of drug-likeness (QED) is 0.647. The molecular weight excluding hydrogens is 382 g/mol. The number of nitrogens with zero attached hydrogens (tertiary/aromatic N) is 3. The minimum absolute atomic E-state index is 0.243. The van der Waals surface area contributed by atoms with E-state index in [1.165, 1.54) is 16.3 Å². The molecule has 152 valence electrons. The van der Waals surface area contributed by atoms with Gasteiger partial charge in [0.2, 0.25) is 0 Å². The summed E-state index contributed by atoms with van der Waals surface area (Å²) in [7, 11) is 1.84. The van der Waals surface area contributed by atoms with Crippen LogP contribution >= 0.6 is 11.3 Å². The second-order valence-electron chi connectivity index (χ2n) is 8.16. The molecule has 0 bridgehead atoms. The van der Waals surface area contributed by atoms with Crippen molar-refractivity contribution in [2.24, 2.45) is 11.8 Å². The van der Waals surface area contributed by atoms with Crippen LogP contribution in [0, 0.1) is 11.8 Å². The van der Waals surface area contributed by atoms with Crippen LogP contribution in [0.3, 0.4) is 0 Å². The van der Waals surface area contributed by atoms with E-state index in [1.807, 2.05) is 55.1 Å². The summed E-state index contributed by atoms with van der Waals surface area (Å²) in [5.74, 6) is 2.38. The molecule has 6 nitrogen and oxygen atoms in total. The summed E-state index contributed by atoms with van der Waals surface area (Å²) in [5, 5.41) is 10.7. The number of pyridine rings is 1. The van der Waals surface area contributed by atoms with E-state index in [1.54, 1.807) is 0 Å². The van der Waals surface area contributed by atoms with E-state index in [-0.39, 0.29) is 6.10 Å². The Morgan fingerprint density at radius 3 is 2.79 bits per heavy atom. The number of thiophene rings is 1. The number of nitrogens with one attached hydrogen (secondary N) is 2. The van der Waals surface area contributed by atoms with Crippen LogP contribution in [-0.4, -0.2) is 52.4 Å². The molecule has 1 saturated heterocycles. The number of ether oxygens (including phenoxy) is 1. The Bertz CT molecular complexity index is 912. The second kappa shape index (κ2) is 8.26. The van der Waals surface area contributed by atoms with Gasteiger partial charge in [0, 0.05) is 44.0 Å². The summed E-state index contributed by atoms with van der Waals surface area (Å²) in [6.45, 7) is 3.36. The number of fused-ring (bicyclic) bond motifs is 1. The molecule has 7 heteroatoms. The standard InChI is InChI=1S/C22H27N5OS/c1-28-20-11-16-13-27(14-17-5-6-21(29-17)18-7-9-24-26-18)12-15(16)10-19(20)25-22-4-2-3-8-23-22/h2-9,15-16,19-20H,10-14H2,1H3,(H,23,25)(H,24,26)/t15-,16+,19-,20-/m1/s1. The summed E-state index contributed by atoms with van der Waals surface area (Å²) in [6, 6.07) is 12.8. The van der Waals surface area contributed by atoms with Gasteiger partial charge in [-0.2, -0.15) is 5.10 Å². The second-order valence-corrected chi connectivity index (χ2v) is 9.33. The predicted molar refractivity (Wildman–Crippen MR) is 116 cm³/mol. The summed E-state index contributed by atoms with van der Waals surface area (Å²) < 4.78 is 5.87. The van der Waals surface area contributed by atoms with Crippen molar-refractivity contribution in [1.82, 2.24) is 20.1 Å².